The van der Waals surface area contributed by atoms with Crippen molar-refractivity contribution in [3.05, 3.63) is 23.8 Å². The van der Waals surface area contributed by atoms with Crippen LogP contribution in [-0.2, 0) is 5.60 Å². The Labute approximate surface area is 118 Å². The molecule has 1 aliphatic rings. The first-order chi connectivity index (χ1) is 7.65. The van der Waals surface area contributed by atoms with Gasteiger partial charge in [-0.05, 0) is 38.1 Å². The second-order valence-corrected chi connectivity index (χ2v) is 3.97. The third-order valence-corrected chi connectivity index (χ3v) is 2.94. The summed E-state index contributed by atoms with van der Waals surface area (Å²) in [6.45, 7) is 1.43. The van der Waals surface area contributed by atoms with Crippen LogP contribution in [-0.4, -0.2) is 30.3 Å². The molecule has 0 spiro atoms. The minimum Gasteiger partial charge on any atom is -0.492 e. The van der Waals surface area contributed by atoms with Crippen LogP contribution in [0.15, 0.2) is 12.1 Å². The van der Waals surface area contributed by atoms with Crippen LogP contribution in [0.3, 0.4) is 0 Å². The number of hydrogen-bond acceptors (Lipinski definition) is 4. The molecule has 1 fully saturated rings. The highest BCUT2D eigenvalue weighted by molar-refractivity contribution is 5.85. The fourth-order valence-electron chi connectivity index (χ4n) is 1.93. The van der Waals surface area contributed by atoms with Crippen molar-refractivity contribution in [3.8, 4) is 5.75 Å². The van der Waals surface area contributed by atoms with E-state index >= 15 is 0 Å². The van der Waals surface area contributed by atoms with E-state index in [1.54, 1.807) is 6.07 Å². The van der Waals surface area contributed by atoms with Crippen LogP contribution >= 0.6 is 24.8 Å². The maximum absolute atomic E-state index is 13.4. The zero-order chi connectivity index (χ0) is 11.6. The van der Waals surface area contributed by atoms with E-state index in [0.717, 1.165) is 0 Å². The molecule has 0 aliphatic carbocycles. The second kappa shape index (κ2) is 7.09. The lowest BCUT2D eigenvalue weighted by Gasteiger charge is -2.32. The van der Waals surface area contributed by atoms with Crippen LogP contribution in [0.5, 0.6) is 5.75 Å². The van der Waals surface area contributed by atoms with Crippen LogP contribution < -0.4 is 10.1 Å². The van der Waals surface area contributed by atoms with Gasteiger partial charge in [0, 0.05) is 0 Å². The summed E-state index contributed by atoms with van der Waals surface area (Å²) in [5, 5.41) is 13.5. The predicted octanol–water partition coefficient (Wildman–Crippen LogP) is 1.64. The van der Waals surface area contributed by atoms with Gasteiger partial charge >= 0.3 is 0 Å². The summed E-state index contributed by atoms with van der Waals surface area (Å²) in [4.78, 5) is 3.77. The summed E-state index contributed by atoms with van der Waals surface area (Å²) in [5.41, 5.74) is -0.634. The number of nitrogens with zero attached hydrogens (tertiary/aromatic N) is 1. The molecule has 0 aromatic carbocycles. The Bertz CT molecular complexity index is 387. The van der Waals surface area contributed by atoms with Crippen LogP contribution in [0.25, 0.3) is 0 Å². The van der Waals surface area contributed by atoms with Gasteiger partial charge in [0.25, 0.3) is 5.95 Å². The quantitative estimate of drug-likeness (QED) is 0.815. The minimum absolute atomic E-state index is 0. The van der Waals surface area contributed by atoms with Gasteiger partial charge in [-0.3, -0.25) is 0 Å². The van der Waals surface area contributed by atoms with Crippen molar-refractivity contribution in [1.82, 2.24) is 10.3 Å². The monoisotopic (exact) mass is 298 g/mol. The smallest absolute Gasteiger partial charge is 0.255 e. The van der Waals surface area contributed by atoms with E-state index < -0.39 is 11.5 Å². The molecule has 2 heterocycles. The summed E-state index contributed by atoms with van der Waals surface area (Å²) < 4.78 is 18.2. The molecule has 1 aliphatic heterocycles. The maximum atomic E-state index is 13.4. The normalized spacial score (nSPS) is 17.3. The summed E-state index contributed by atoms with van der Waals surface area (Å²) in [7, 11) is 1.39. The largest absolute Gasteiger partial charge is 0.492 e. The average Bonchev–Trinajstić information content (AvgIpc) is 2.30. The molecule has 0 saturated carbocycles. The number of aliphatic hydroxyl groups is 1. The number of nitrogens with one attached hydrogen (secondary N) is 1. The molecule has 0 amide bonds. The highest BCUT2D eigenvalue weighted by atomic mass is 35.5. The molecule has 2 N–H and O–H groups in total. The van der Waals surface area contributed by atoms with E-state index in [0.29, 0.717) is 31.6 Å². The number of methoxy groups -OCH3 is 1. The topological polar surface area (TPSA) is 54.4 Å². The molecular formula is C11H17Cl2FN2O2. The Kier molecular flexibility index (Phi) is 6.84. The number of hydrogen-bond donors (Lipinski definition) is 2. The molecule has 7 heteroatoms. The van der Waals surface area contributed by atoms with Crippen molar-refractivity contribution in [2.45, 2.75) is 18.4 Å². The van der Waals surface area contributed by atoms with E-state index in [4.69, 9.17) is 4.74 Å². The van der Waals surface area contributed by atoms with Gasteiger partial charge < -0.3 is 15.2 Å². The van der Waals surface area contributed by atoms with Gasteiger partial charge in [0.15, 0.2) is 5.75 Å². The highest BCUT2D eigenvalue weighted by Gasteiger charge is 2.33. The molecule has 104 valence electrons. The van der Waals surface area contributed by atoms with Gasteiger partial charge in [-0.25, -0.2) is 4.98 Å². The van der Waals surface area contributed by atoms with Crippen molar-refractivity contribution < 1.29 is 14.2 Å². The molecule has 0 radical (unpaired) electrons. The molecule has 1 aromatic rings. The SMILES string of the molecule is COc1ccc(C2(O)CCNCC2)nc1F.Cl.Cl. The number of pyridine rings is 1. The fourth-order valence-corrected chi connectivity index (χ4v) is 1.93. The first-order valence-corrected chi connectivity index (χ1v) is 5.30. The predicted molar refractivity (Wildman–Crippen MR) is 71.2 cm³/mol. The Balaban J connectivity index is 0.00000144. The van der Waals surface area contributed by atoms with Crippen LogP contribution in [0.2, 0.25) is 0 Å². The molecule has 18 heavy (non-hydrogen) atoms. The van der Waals surface area contributed by atoms with E-state index in [9.17, 15) is 9.50 Å². The van der Waals surface area contributed by atoms with Gasteiger partial charge in [-0.15, -0.1) is 24.8 Å². The summed E-state index contributed by atoms with van der Waals surface area (Å²) in [6, 6.07) is 3.12. The van der Waals surface area contributed by atoms with Crippen molar-refractivity contribution in [2.24, 2.45) is 0 Å². The lowest BCUT2D eigenvalue weighted by molar-refractivity contribution is 0.00109. The lowest BCUT2D eigenvalue weighted by Crippen LogP contribution is -2.40. The Morgan fingerprint density at radius 2 is 1.94 bits per heavy atom. The molecule has 1 saturated heterocycles. The number of aromatic nitrogens is 1. The molecule has 0 bridgehead atoms. The van der Waals surface area contributed by atoms with Crippen molar-refractivity contribution in [1.29, 1.82) is 0 Å². The second-order valence-electron chi connectivity index (χ2n) is 3.97. The van der Waals surface area contributed by atoms with E-state index in [2.05, 4.69) is 10.3 Å². The van der Waals surface area contributed by atoms with Gasteiger partial charge in [0.05, 0.1) is 12.8 Å². The fraction of sp³-hybridized carbons (Fsp3) is 0.545. The average molecular weight is 299 g/mol. The zero-order valence-electron chi connectivity index (χ0n) is 9.98. The third kappa shape index (κ3) is 3.45. The molecule has 4 nitrogen and oxygen atoms in total. The summed E-state index contributed by atoms with van der Waals surface area (Å²) in [6.07, 6.45) is 1.09. The standard InChI is InChI=1S/C11H15FN2O2.2ClH/c1-16-8-2-3-9(14-10(8)12)11(15)4-6-13-7-5-11;;/h2-3,13,15H,4-7H2,1H3;2*1H. The van der Waals surface area contributed by atoms with Crippen LogP contribution in [0, 0.1) is 5.95 Å². The highest BCUT2D eigenvalue weighted by Crippen LogP contribution is 2.30. The Hall–Kier alpha value is -0.620. The number of piperidine rings is 1. The van der Waals surface area contributed by atoms with Gasteiger partial charge in [-0.1, -0.05) is 0 Å². The van der Waals surface area contributed by atoms with E-state index in [1.807, 2.05) is 0 Å². The zero-order valence-corrected chi connectivity index (χ0v) is 11.6. The van der Waals surface area contributed by atoms with Gasteiger partial charge in [0.2, 0.25) is 0 Å². The molecule has 2 rings (SSSR count). The van der Waals surface area contributed by atoms with Crippen LogP contribution in [0.4, 0.5) is 4.39 Å². The first-order valence-electron chi connectivity index (χ1n) is 5.30. The summed E-state index contributed by atoms with van der Waals surface area (Å²) in [5.74, 6) is -0.576. The molecular weight excluding hydrogens is 282 g/mol. The van der Waals surface area contributed by atoms with Crippen molar-refractivity contribution >= 4 is 24.8 Å². The number of halogens is 3. The number of rotatable bonds is 2. The molecule has 1 aromatic heterocycles. The molecule has 0 unspecified atom stereocenters. The van der Waals surface area contributed by atoms with Gasteiger partial charge in [-0.2, -0.15) is 4.39 Å². The molecule has 0 atom stereocenters. The lowest BCUT2D eigenvalue weighted by atomic mass is 9.89. The van der Waals surface area contributed by atoms with E-state index in [-0.39, 0.29) is 30.6 Å². The number of ether oxygens (including phenoxy) is 1. The van der Waals surface area contributed by atoms with Crippen molar-refractivity contribution in [2.75, 3.05) is 20.2 Å². The minimum atomic E-state index is -1.02. The Morgan fingerprint density at radius 1 is 1.33 bits per heavy atom. The third-order valence-electron chi connectivity index (χ3n) is 2.94. The maximum Gasteiger partial charge on any atom is 0.255 e. The van der Waals surface area contributed by atoms with Gasteiger partial charge in [0.1, 0.15) is 5.60 Å². The Morgan fingerprint density at radius 3 is 2.44 bits per heavy atom. The van der Waals surface area contributed by atoms with Crippen molar-refractivity contribution in [3.63, 3.8) is 0 Å². The first kappa shape index (κ1) is 17.4. The van der Waals surface area contributed by atoms with E-state index in [1.165, 1.54) is 13.2 Å². The van der Waals surface area contributed by atoms with Crippen LogP contribution in [0.1, 0.15) is 18.5 Å². The summed E-state index contributed by atoms with van der Waals surface area (Å²) >= 11 is 0.